The lowest BCUT2D eigenvalue weighted by Crippen LogP contribution is -2.28. The molecule has 0 aromatic heterocycles. The Hall–Kier alpha value is -2.36. The molecule has 0 fully saturated rings. The zero-order valence-electron chi connectivity index (χ0n) is 15.9. The lowest BCUT2D eigenvalue weighted by molar-refractivity contribution is 0.707. The summed E-state index contributed by atoms with van der Waals surface area (Å²) < 4.78 is 0. The summed E-state index contributed by atoms with van der Waals surface area (Å²) in [5, 5.41) is 9.03. The highest BCUT2D eigenvalue weighted by molar-refractivity contribution is 5.62. The molecular formula is C22H28N4. The Morgan fingerprint density at radius 2 is 1.19 bits per heavy atom. The minimum absolute atomic E-state index is 0.953. The standard InChI is InChI=1S/C22H28N4/c1-3-25-13-5-7-17-15-19(9-11-21(17)25)23-24-20-10-12-22-18(16-20)8-6-14-26(22)4-2/h9-12,15-16H,3-8,13-14H2,1-2H3. The van der Waals surface area contributed by atoms with Crippen molar-refractivity contribution in [3.05, 3.63) is 47.5 Å². The van der Waals surface area contributed by atoms with Crippen LogP contribution >= 0.6 is 0 Å². The zero-order valence-corrected chi connectivity index (χ0v) is 15.9. The fraction of sp³-hybridized carbons (Fsp3) is 0.455. The van der Waals surface area contributed by atoms with Gasteiger partial charge in [0.2, 0.25) is 0 Å². The molecule has 0 saturated heterocycles. The summed E-state index contributed by atoms with van der Waals surface area (Å²) in [4.78, 5) is 4.89. The van der Waals surface area contributed by atoms with Crippen molar-refractivity contribution in [2.45, 2.75) is 39.5 Å². The van der Waals surface area contributed by atoms with E-state index < -0.39 is 0 Å². The van der Waals surface area contributed by atoms with Gasteiger partial charge in [-0.15, -0.1) is 0 Å². The number of anilines is 2. The maximum Gasteiger partial charge on any atom is 0.0861 e. The molecule has 0 aliphatic carbocycles. The normalized spacial score (nSPS) is 16.7. The Labute approximate surface area is 156 Å². The van der Waals surface area contributed by atoms with E-state index in [1.54, 1.807) is 0 Å². The maximum absolute atomic E-state index is 4.52. The number of benzene rings is 2. The van der Waals surface area contributed by atoms with Crippen LogP contribution in [0.2, 0.25) is 0 Å². The van der Waals surface area contributed by atoms with Crippen molar-refractivity contribution < 1.29 is 0 Å². The van der Waals surface area contributed by atoms with E-state index in [0.29, 0.717) is 0 Å². The molecule has 4 nitrogen and oxygen atoms in total. The average Bonchev–Trinajstić information content (AvgIpc) is 2.70. The van der Waals surface area contributed by atoms with Crippen molar-refractivity contribution in [2.75, 3.05) is 36.0 Å². The van der Waals surface area contributed by atoms with Crippen LogP contribution in [0.25, 0.3) is 0 Å². The molecule has 0 radical (unpaired) electrons. The molecule has 2 aliphatic rings. The van der Waals surface area contributed by atoms with E-state index in [-0.39, 0.29) is 0 Å². The smallest absolute Gasteiger partial charge is 0.0861 e. The fourth-order valence-electron chi connectivity index (χ4n) is 4.22. The van der Waals surface area contributed by atoms with Gasteiger partial charge in [-0.2, -0.15) is 10.2 Å². The molecule has 0 N–H and O–H groups in total. The first-order valence-electron chi connectivity index (χ1n) is 9.96. The van der Waals surface area contributed by atoms with Gasteiger partial charge >= 0.3 is 0 Å². The third-order valence-electron chi connectivity index (χ3n) is 5.60. The number of fused-ring (bicyclic) bond motifs is 2. The van der Waals surface area contributed by atoms with Crippen LogP contribution in [0.5, 0.6) is 0 Å². The highest BCUT2D eigenvalue weighted by Crippen LogP contribution is 2.33. The molecule has 4 rings (SSSR count). The monoisotopic (exact) mass is 348 g/mol. The second-order valence-corrected chi connectivity index (χ2v) is 7.19. The Kier molecular flexibility index (Phi) is 4.91. The van der Waals surface area contributed by atoms with Gasteiger partial charge < -0.3 is 9.80 Å². The lowest BCUT2D eigenvalue weighted by Gasteiger charge is -2.30. The third-order valence-corrected chi connectivity index (χ3v) is 5.60. The van der Waals surface area contributed by atoms with Crippen molar-refractivity contribution >= 4 is 22.7 Å². The molecule has 0 amide bonds. The van der Waals surface area contributed by atoms with Crippen LogP contribution in [0.15, 0.2) is 46.6 Å². The molecule has 136 valence electrons. The van der Waals surface area contributed by atoms with Crippen molar-refractivity contribution in [1.29, 1.82) is 0 Å². The van der Waals surface area contributed by atoms with Gasteiger partial charge in [0.05, 0.1) is 11.4 Å². The van der Waals surface area contributed by atoms with Gasteiger partial charge in [-0.05, 0) is 87.1 Å². The molecule has 0 bridgehead atoms. The molecule has 2 aromatic carbocycles. The summed E-state index contributed by atoms with van der Waals surface area (Å²) in [6.07, 6.45) is 4.72. The Bertz CT molecular complexity index is 744. The second-order valence-electron chi connectivity index (χ2n) is 7.19. The van der Waals surface area contributed by atoms with Crippen LogP contribution < -0.4 is 9.80 Å². The summed E-state index contributed by atoms with van der Waals surface area (Å²) in [7, 11) is 0. The zero-order chi connectivity index (χ0) is 17.9. The van der Waals surface area contributed by atoms with Gasteiger partial charge in [0, 0.05) is 37.6 Å². The van der Waals surface area contributed by atoms with Crippen LogP contribution in [-0.2, 0) is 12.8 Å². The maximum atomic E-state index is 4.52. The third kappa shape index (κ3) is 3.33. The SMILES string of the molecule is CCN1CCCc2cc(N=Nc3ccc4c(c3)CCCN4CC)ccc21. The van der Waals surface area contributed by atoms with Crippen LogP contribution in [0.4, 0.5) is 22.7 Å². The molecule has 0 unspecified atom stereocenters. The van der Waals surface area contributed by atoms with Crippen LogP contribution in [-0.4, -0.2) is 26.2 Å². The van der Waals surface area contributed by atoms with Crippen molar-refractivity contribution in [2.24, 2.45) is 10.2 Å². The first-order valence-corrected chi connectivity index (χ1v) is 9.96. The average molecular weight is 348 g/mol. The van der Waals surface area contributed by atoms with Crippen molar-refractivity contribution in [1.82, 2.24) is 0 Å². The molecule has 2 heterocycles. The summed E-state index contributed by atoms with van der Waals surface area (Å²) in [6.45, 7) is 8.90. The molecule has 0 atom stereocenters. The van der Waals surface area contributed by atoms with Crippen LogP contribution in [0.3, 0.4) is 0 Å². The highest BCUT2D eigenvalue weighted by Gasteiger charge is 2.16. The van der Waals surface area contributed by atoms with Crippen molar-refractivity contribution in [3.63, 3.8) is 0 Å². The van der Waals surface area contributed by atoms with Gasteiger partial charge in [0.15, 0.2) is 0 Å². The Morgan fingerprint density at radius 3 is 1.62 bits per heavy atom. The molecular weight excluding hydrogens is 320 g/mol. The number of rotatable bonds is 4. The van der Waals surface area contributed by atoms with E-state index in [1.807, 2.05) is 0 Å². The molecule has 2 aromatic rings. The summed E-state index contributed by atoms with van der Waals surface area (Å²) in [5.74, 6) is 0. The van der Waals surface area contributed by atoms with E-state index >= 15 is 0 Å². The van der Waals surface area contributed by atoms with Gasteiger partial charge in [-0.3, -0.25) is 0 Å². The van der Waals surface area contributed by atoms with Crippen molar-refractivity contribution in [3.8, 4) is 0 Å². The van der Waals surface area contributed by atoms with Gasteiger partial charge in [0.1, 0.15) is 0 Å². The predicted octanol–water partition coefficient (Wildman–Crippen LogP) is 5.65. The number of hydrogen-bond donors (Lipinski definition) is 0. The predicted molar refractivity (Wildman–Crippen MR) is 109 cm³/mol. The molecule has 26 heavy (non-hydrogen) atoms. The molecule has 0 saturated carbocycles. The van der Waals surface area contributed by atoms with Crippen LogP contribution in [0.1, 0.15) is 37.8 Å². The number of nitrogens with zero attached hydrogens (tertiary/aromatic N) is 4. The Morgan fingerprint density at radius 1 is 0.731 bits per heavy atom. The summed E-state index contributed by atoms with van der Waals surface area (Å²) in [6, 6.07) is 13.0. The topological polar surface area (TPSA) is 31.2 Å². The Balaban J connectivity index is 1.55. The lowest BCUT2D eigenvalue weighted by atomic mass is 10.0. The number of aryl methyl sites for hydroxylation is 2. The summed E-state index contributed by atoms with van der Waals surface area (Å²) >= 11 is 0. The second kappa shape index (κ2) is 7.48. The summed E-state index contributed by atoms with van der Waals surface area (Å²) in [5.41, 5.74) is 7.44. The van der Waals surface area contributed by atoms with E-state index in [9.17, 15) is 0 Å². The van der Waals surface area contributed by atoms with E-state index in [2.05, 4.69) is 70.3 Å². The van der Waals surface area contributed by atoms with Gasteiger partial charge in [0.25, 0.3) is 0 Å². The van der Waals surface area contributed by atoms with Gasteiger partial charge in [-0.25, -0.2) is 0 Å². The van der Waals surface area contributed by atoms with E-state index in [4.69, 9.17) is 0 Å². The number of azo groups is 1. The quantitative estimate of drug-likeness (QED) is 0.669. The largest absolute Gasteiger partial charge is 0.372 e. The van der Waals surface area contributed by atoms with E-state index in [0.717, 1.165) is 50.4 Å². The highest BCUT2D eigenvalue weighted by atomic mass is 15.1. The molecule has 4 heteroatoms. The number of hydrogen-bond acceptors (Lipinski definition) is 4. The van der Waals surface area contributed by atoms with Crippen LogP contribution in [0, 0.1) is 0 Å². The first kappa shape index (κ1) is 17.1. The minimum Gasteiger partial charge on any atom is -0.372 e. The van der Waals surface area contributed by atoms with Gasteiger partial charge in [-0.1, -0.05) is 0 Å². The van der Waals surface area contributed by atoms with E-state index in [1.165, 1.54) is 35.3 Å². The first-order chi connectivity index (χ1) is 12.8. The minimum atomic E-state index is 0.953. The molecule has 2 aliphatic heterocycles. The fourth-order valence-corrected chi connectivity index (χ4v) is 4.22. The molecule has 0 spiro atoms.